The molecular weight excluding hydrogens is 416 g/mol. The average molecular weight is 437 g/mol. The first-order valence-corrected chi connectivity index (χ1v) is 12.1. The molecule has 0 N–H and O–H groups in total. The molecule has 0 bridgehead atoms. The first-order chi connectivity index (χ1) is 13.6. The second kappa shape index (κ2) is 8.24. The number of hydrogen-bond acceptors (Lipinski definition) is 7. The van der Waals surface area contributed by atoms with E-state index in [1.807, 2.05) is 11.4 Å². The summed E-state index contributed by atoms with van der Waals surface area (Å²) < 4.78 is 35.8. The Balaban J connectivity index is 1.35. The topological polar surface area (TPSA) is 83.5 Å². The van der Waals surface area contributed by atoms with E-state index in [-0.39, 0.29) is 10.8 Å². The van der Waals surface area contributed by atoms with Gasteiger partial charge in [0.25, 0.3) is 0 Å². The van der Waals surface area contributed by atoms with Crippen LogP contribution < -0.4 is 0 Å². The lowest BCUT2D eigenvalue weighted by Gasteiger charge is -2.34. The average Bonchev–Trinajstić information content (AvgIpc) is 3.39. The molecule has 0 aliphatic carbocycles. The van der Waals surface area contributed by atoms with Crippen LogP contribution in [0, 0.1) is 0 Å². The van der Waals surface area contributed by atoms with Gasteiger partial charge in [-0.15, -0.1) is 11.3 Å². The molecule has 1 aromatic carbocycles. The summed E-state index contributed by atoms with van der Waals surface area (Å²) >= 11 is 2.71. The van der Waals surface area contributed by atoms with Crippen molar-refractivity contribution in [2.24, 2.45) is 0 Å². The van der Waals surface area contributed by atoms with Crippen LogP contribution in [0.15, 0.2) is 40.6 Å². The third-order valence-corrected chi connectivity index (χ3v) is 8.26. The molecule has 7 nitrogen and oxygen atoms in total. The Morgan fingerprint density at radius 1 is 1.07 bits per heavy atom. The normalized spacial score (nSPS) is 15.9. The van der Waals surface area contributed by atoms with Gasteiger partial charge < -0.3 is 4.90 Å². The molecule has 28 heavy (non-hydrogen) atoms. The van der Waals surface area contributed by atoms with Crippen molar-refractivity contribution < 1.29 is 13.2 Å². The van der Waals surface area contributed by atoms with Crippen LogP contribution in [-0.4, -0.2) is 58.5 Å². The number of carbonyl (C=O) groups excluding carboxylic acids is 1. The fourth-order valence-corrected chi connectivity index (χ4v) is 6.26. The van der Waals surface area contributed by atoms with Crippen molar-refractivity contribution >= 4 is 50.0 Å². The fourth-order valence-electron chi connectivity index (χ4n) is 3.33. The van der Waals surface area contributed by atoms with Crippen LogP contribution in [0.25, 0.3) is 11.0 Å². The lowest BCUT2D eigenvalue weighted by molar-refractivity contribution is -0.132. The Kier molecular flexibility index (Phi) is 5.72. The van der Waals surface area contributed by atoms with Crippen molar-refractivity contribution in [1.82, 2.24) is 18.0 Å². The lowest BCUT2D eigenvalue weighted by atomic mass is 10.2. The van der Waals surface area contributed by atoms with E-state index in [0.29, 0.717) is 43.6 Å². The third kappa shape index (κ3) is 3.95. The van der Waals surface area contributed by atoms with Crippen LogP contribution >= 0.6 is 23.1 Å². The molecule has 0 spiro atoms. The Morgan fingerprint density at radius 3 is 2.64 bits per heavy atom. The quantitative estimate of drug-likeness (QED) is 0.593. The maximum absolute atomic E-state index is 13.0. The number of aromatic nitrogens is 2. The molecule has 1 aliphatic rings. The molecule has 3 heterocycles. The number of amides is 1. The summed E-state index contributed by atoms with van der Waals surface area (Å²) in [7, 11) is -3.65. The van der Waals surface area contributed by atoms with Crippen LogP contribution in [0.5, 0.6) is 0 Å². The highest BCUT2D eigenvalue weighted by Gasteiger charge is 2.31. The van der Waals surface area contributed by atoms with E-state index in [2.05, 4.69) is 14.8 Å². The minimum atomic E-state index is -3.65. The number of carbonyl (C=O) groups is 1. The van der Waals surface area contributed by atoms with Crippen molar-refractivity contribution in [2.45, 2.75) is 24.2 Å². The Labute approximate surface area is 172 Å². The van der Waals surface area contributed by atoms with E-state index in [9.17, 15) is 13.2 Å². The number of piperazine rings is 1. The zero-order valence-corrected chi connectivity index (χ0v) is 17.6. The molecule has 0 unspecified atom stereocenters. The Morgan fingerprint density at radius 2 is 1.89 bits per heavy atom. The summed E-state index contributed by atoms with van der Waals surface area (Å²) in [5, 5.41) is 2.04. The van der Waals surface area contributed by atoms with Gasteiger partial charge in [0, 0.05) is 37.5 Å². The van der Waals surface area contributed by atoms with E-state index in [1.54, 1.807) is 34.4 Å². The van der Waals surface area contributed by atoms with Gasteiger partial charge in [0.05, 0.1) is 11.7 Å². The van der Waals surface area contributed by atoms with Crippen molar-refractivity contribution in [3.8, 4) is 0 Å². The molecule has 1 aliphatic heterocycles. The predicted molar refractivity (Wildman–Crippen MR) is 110 cm³/mol. The largest absolute Gasteiger partial charge is 0.340 e. The highest BCUT2D eigenvalue weighted by molar-refractivity contribution is 7.89. The maximum atomic E-state index is 13.0. The lowest BCUT2D eigenvalue weighted by Crippen LogP contribution is -2.50. The van der Waals surface area contributed by atoms with Crippen LogP contribution in [0.3, 0.4) is 0 Å². The molecule has 0 saturated carbocycles. The number of benzene rings is 1. The monoisotopic (exact) mass is 436 g/mol. The molecule has 4 rings (SSSR count). The van der Waals surface area contributed by atoms with Gasteiger partial charge >= 0.3 is 0 Å². The van der Waals surface area contributed by atoms with Crippen LogP contribution in [0.1, 0.15) is 17.7 Å². The van der Waals surface area contributed by atoms with E-state index >= 15 is 0 Å². The molecule has 0 atom stereocenters. The molecular formula is C18H20N4O3S3. The number of aryl methyl sites for hydroxylation is 1. The molecule has 1 amide bonds. The summed E-state index contributed by atoms with van der Waals surface area (Å²) in [6.45, 7) is 1.44. The minimum absolute atomic E-state index is 0.0967. The molecule has 3 aromatic rings. The molecule has 10 heteroatoms. The van der Waals surface area contributed by atoms with Gasteiger partial charge in [-0.05, 0) is 36.4 Å². The number of nitrogens with zero attached hydrogens (tertiary/aromatic N) is 4. The van der Waals surface area contributed by atoms with E-state index in [4.69, 9.17) is 0 Å². The van der Waals surface area contributed by atoms with Crippen molar-refractivity contribution in [3.05, 3.63) is 40.6 Å². The van der Waals surface area contributed by atoms with Crippen molar-refractivity contribution in [3.63, 3.8) is 0 Å². The maximum Gasteiger partial charge on any atom is 0.245 e. The summed E-state index contributed by atoms with van der Waals surface area (Å²) in [5.74, 6) is 0.0967. The minimum Gasteiger partial charge on any atom is -0.340 e. The van der Waals surface area contributed by atoms with Gasteiger partial charge in [-0.2, -0.15) is 13.1 Å². The van der Waals surface area contributed by atoms with Gasteiger partial charge in [-0.1, -0.05) is 12.1 Å². The third-order valence-electron chi connectivity index (χ3n) is 4.85. The predicted octanol–water partition coefficient (Wildman–Crippen LogP) is 2.61. The number of hydrogen-bond donors (Lipinski definition) is 0. The van der Waals surface area contributed by atoms with Crippen LogP contribution in [-0.2, 0) is 21.2 Å². The Bertz CT molecular complexity index is 1050. The summed E-state index contributed by atoms with van der Waals surface area (Å²) in [5.41, 5.74) is 1.00. The Hall–Kier alpha value is -1.88. The second-order valence-corrected chi connectivity index (χ2v) is 10.1. The number of rotatable bonds is 6. The van der Waals surface area contributed by atoms with Gasteiger partial charge in [0.2, 0.25) is 15.9 Å². The van der Waals surface area contributed by atoms with Gasteiger partial charge in [0.15, 0.2) is 0 Å². The number of fused-ring (bicyclic) bond motifs is 1. The smallest absolute Gasteiger partial charge is 0.245 e. The summed E-state index contributed by atoms with van der Waals surface area (Å²) in [4.78, 5) is 15.7. The molecule has 0 radical (unpaired) electrons. The van der Waals surface area contributed by atoms with Gasteiger partial charge in [-0.3, -0.25) is 4.79 Å². The second-order valence-electron chi connectivity index (χ2n) is 6.61. The molecule has 148 valence electrons. The SMILES string of the molecule is O=C(CCCc1cccs1)N1CCN(S(=O)(=O)c2cccc3nsnc23)CC1. The zero-order chi connectivity index (χ0) is 19.6. The number of sulfonamides is 1. The number of thiophene rings is 1. The van der Waals surface area contributed by atoms with Gasteiger partial charge in [0.1, 0.15) is 15.9 Å². The summed E-state index contributed by atoms with van der Waals surface area (Å²) in [6.07, 6.45) is 2.22. The fraction of sp³-hybridized carbons (Fsp3) is 0.389. The highest BCUT2D eigenvalue weighted by atomic mass is 32.2. The standard InChI is InChI=1S/C18H20N4O3S3/c23-17(8-1-4-14-5-3-13-26-14)21-9-11-22(12-10-21)28(24,25)16-7-2-6-15-18(16)20-27-19-15/h2-3,5-7,13H,1,4,8-12H2. The first kappa shape index (κ1) is 19.4. The van der Waals surface area contributed by atoms with E-state index in [0.717, 1.165) is 24.6 Å². The van der Waals surface area contributed by atoms with E-state index < -0.39 is 10.0 Å². The highest BCUT2D eigenvalue weighted by Crippen LogP contribution is 2.25. The summed E-state index contributed by atoms with van der Waals surface area (Å²) in [6, 6.07) is 9.11. The molecule has 1 fully saturated rings. The molecule has 2 aromatic heterocycles. The zero-order valence-electron chi connectivity index (χ0n) is 15.2. The van der Waals surface area contributed by atoms with Crippen molar-refractivity contribution in [2.75, 3.05) is 26.2 Å². The first-order valence-electron chi connectivity index (χ1n) is 9.07. The van der Waals surface area contributed by atoms with Gasteiger partial charge in [-0.25, -0.2) is 8.42 Å². The van der Waals surface area contributed by atoms with Crippen molar-refractivity contribution in [1.29, 1.82) is 0 Å². The van der Waals surface area contributed by atoms with Crippen LogP contribution in [0.2, 0.25) is 0 Å². The van der Waals surface area contributed by atoms with Crippen LogP contribution in [0.4, 0.5) is 0 Å². The van der Waals surface area contributed by atoms with E-state index in [1.165, 1.54) is 9.18 Å². The molecule has 1 saturated heterocycles.